The molecule has 0 radical (unpaired) electrons. The van der Waals surface area contributed by atoms with E-state index in [2.05, 4.69) is 118 Å². The third-order valence-corrected chi connectivity index (χ3v) is 13.1. The van der Waals surface area contributed by atoms with E-state index in [1.54, 1.807) is 0 Å². The van der Waals surface area contributed by atoms with Gasteiger partial charge in [-0.2, -0.15) is 0 Å². The number of hydrogen-bond donors (Lipinski definition) is 0. The summed E-state index contributed by atoms with van der Waals surface area (Å²) in [7, 11) is 0. The van der Waals surface area contributed by atoms with Crippen LogP contribution in [-0.2, 0) is 28.6 Å². The number of carbonyl (C=O) groups excluding carboxylic acids is 3. The molecule has 0 N–H and O–H groups in total. The van der Waals surface area contributed by atoms with Crippen LogP contribution < -0.4 is 0 Å². The number of hydrogen-bond acceptors (Lipinski definition) is 6. The molecule has 0 amide bonds. The van der Waals surface area contributed by atoms with Crippen LogP contribution >= 0.6 is 0 Å². The molecule has 0 aliphatic heterocycles. The largest absolute Gasteiger partial charge is 0.462 e. The van der Waals surface area contributed by atoms with Crippen molar-refractivity contribution in [3.8, 4) is 0 Å². The van der Waals surface area contributed by atoms with Gasteiger partial charge in [0.05, 0.1) is 0 Å². The Morgan fingerprint density at radius 3 is 0.863 bits per heavy atom. The first-order valence-corrected chi connectivity index (χ1v) is 30.7. The summed E-state index contributed by atoms with van der Waals surface area (Å²) in [5.41, 5.74) is 0. The lowest BCUT2D eigenvalue weighted by Gasteiger charge is -2.18. The molecular formula is C67H114O6. The molecule has 0 fully saturated rings. The summed E-state index contributed by atoms with van der Waals surface area (Å²) in [6, 6.07) is 0. The number of carbonyl (C=O) groups is 3. The van der Waals surface area contributed by atoms with Crippen molar-refractivity contribution in [3.63, 3.8) is 0 Å². The minimum absolute atomic E-state index is 0.0813. The predicted molar refractivity (Wildman–Crippen MR) is 316 cm³/mol. The van der Waals surface area contributed by atoms with Crippen LogP contribution in [0.2, 0.25) is 0 Å². The maximum atomic E-state index is 12.8. The van der Waals surface area contributed by atoms with E-state index in [9.17, 15) is 14.4 Å². The first-order valence-electron chi connectivity index (χ1n) is 30.7. The Bertz CT molecular complexity index is 1440. The van der Waals surface area contributed by atoms with E-state index in [0.29, 0.717) is 19.3 Å². The zero-order valence-corrected chi connectivity index (χ0v) is 47.9. The van der Waals surface area contributed by atoms with Crippen molar-refractivity contribution >= 4 is 17.9 Å². The fourth-order valence-corrected chi connectivity index (χ4v) is 8.48. The lowest BCUT2D eigenvalue weighted by Crippen LogP contribution is -2.30. The van der Waals surface area contributed by atoms with Crippen molar-refractivity contribution < 1.29 is 28.6 Å². The maximum Gasteiger partial charge on any atom is 0.306 e. The summed E-state index contributed by atoms with van der Waals surface area (Å²) >= 11 is 0. The number of rotatable bonds is 55. The Morgan fingerprint density at radius 2 is 0.534 bits per heavy atom. The third kappa shape index (κ3) is 59.1. The Morgan fingerprint density at radius 1 is 0.288 bits per heavy atom. The van der Waals surface area contributed by atoms with Gasteiger partial charge in [0.25, 0.3) is 0 Å². The molecule has 0 aromatic rings. The summed E-state index contributed by atoms with van der Waals surface area (Å²) in [6.07, 6.45) is 81.7. The van der Waals surface area contributed by atoms with E-state index in [4.69, 9.17) is 14.2 Å². The molecular weight excluding hydrogens is 901 g/mol. The number of unbranched alkanes of at least 4 members (excludes halogenated alkanes) is 28. The van der Waals surface area contributed by atoms with Gasteiger partial charge in [0, 0.05) is 19.3 Å². The molecule has 73 heavy (non-hydrogen) atoms. The second-order valence-electron chi connectivity index (χ2n) is 20.2. The van der Waals surface area contributed by atoms with Crippen LogP contribution in [-0.4, -0.2) is 37.2 Å². The Hall–Kier alpha value is -3.67. The molecule has 0 saturated heterocycles. The normalized spacial score (nSPS) is 12.8. The van der Waals surface area contributed by atoms with Crippen LogP contribution in [0.3, 0.4) is 0 Å². The van der Waals surface area contributed by atoms with E-state index in [-0.39, 0.29) is 31.1 Å². The maximum absolute atomic E-state index is 12.8. The smallest absolute Gasteiger partial charge is 0.306 e. The highest BCUT2D eigenvalue weighted by molar-refractivity contribution is 5.71. The van der Waals surface area contributed by atoms with E-state index in [1.807, 2.05) is 0 Å². The van der Waals surface area contributed by atoms with E-state index >= 15 is 0 Å². The Kier molecular flexibility index (Phi) is 57.8. The minimum atomic E-state index is -0.780. The van der Waals surface area contributed by atoms with Crippen molar-refractivity contribution in [2.45, 2.75) is 297 Å². The number of allylic oxidation sites excluding steroid dienone is 16. The Labute approximate surface area is 451 Å². The number of ether oxygens (including phenoxy) is 3. The van der Waals surface area contributed by atoms with Gasteiger partial charge in [-0.15, -0.1) is 0 Å². The zero-order valence-electron chi connectivity index (χ0n) is 47.9. The molecule has 6 nitrogen and oxygen atoms in total. The van der Waals surface area contributed by atoms with Crippen molar-refractivity contribution in [1.29, 1.82) is 0 Å². The molecule has 1 atom stereocenters. The fourth-order valence-electron chi connectivity index (χ4n) is 8.48. The molecule has 0 aromatic carbocycles. The molecule has 0 bridgehead atoms. The summed E-state index contributed by atoms with van der Waals surface area (Å²) in [5, 5.41) is 0. The summed E-state index contributed by atoms with van der Waals surface area (Å²) in [6.45, 7) is 6.42. The van der Waals surface area contributed by atoms with Crippen LogP contribution in [0.4, 0.5) is 0 Å². The summed E-state index contributed by atoms with van der Waals surface area (Å²) in [5.74, 6) is -0.902. The van der Waals surface area contributed by atoms with Gasteiger partial charge in [-0.05, 0) is 103 Å². The van der Waals surface area contributed by atoms with Crippen LogP contribution in [0.15, 0.2) is 97.2 Å². The molecule has 0 rings (SSSR count). The monoisotopic (exact) mass is 1010 g/mol. The lowest BCUT2D eigenvalue weighted by molar-refractivity contribution is -0.167. The van der Waals surface area contributed by atoms with Gasteiger partial charge >= 0.3 is 17.9 Å². The van der Waals surface area contributed by atoms with Gasteiger partial charge < -0.3 is 14.2 Å². The van der Waals surface area contributed by atoms with E-state index < -0.39 is 6.10 Å². The lowest BCUT2D eigenvalue weighted by atomic mass is 10.0. The minimum Gasteiger partial charge on any atom is -0.462 e. The van der Waals surface area contributed by atoms with Crippen molar-refractivity contribution in [3.05, 3.63) is 97.2 Å². The average molecular weight is 1020 g/mol. The van der Waals surface area contributed by atoms with Gasteiger partial charge in [-0.25, -0.2) is 0 Å². The van der Waals surface area contributed by atoms with Crippen molar-refractivity contribution in [2.75, 3.05) is 13.2 Å². The third-order valence-electron chi connectivity index (χ3n) is 13.1. The predicted octanol–water partition coefficient (Wildman–Crippen LogP) is 20.9. The summed E-state index contributed by atoms with van der Waals surface area (Å²) in [4.78, 5) is 37.9. The van der Waals surface area contributed by atoms with Gasteiger partial charge in [-0.3, -0.25) is 14.4 Å². The molecule has 0 saturated carbocycles. The fraction of sp³-hybridized carbons (Fsp3) is 0.716. The topological polar surface area (TPSA) is 78.9 Å². The molecule has 1 unspecified atom stereocenters. The van der Waals surface area contributed by atoms with Crippen LogP contribution in [0, 0.1) is 0 Å². The van der Waals surface area contributed by atoms with Gasteiger partial charge in [0.2, 0.25) is 0 Å². The highest BCUT2D eigenvalue weighted by Gasteiger charge is 2.19. The first kappa shape index (κ1) is 69.3. The molecule has 0 aliphatic carbocycles. The van der Waals surface area contributed by atoms with Crippen molar-refractivity contribution in [2.24, 2.45) is 0 Å². The second-order valence-corrected chi connectivity index (χ2v) is 20.2. The Balaban J connectivity index is 4.03. The first-order chi connectivity index (χ1) is 36.0. The van der Waals surface area contributed by atoms with Gasteiger partial charge in [0.15, 0.2) is 6.10 Å². The quantitative estimate of drug-likeness (QED) is 0.0261. The average Bonchev–Trinajstić information content (AvgIpc) is 3.39. The van der Waals surface area contributed by atoms with Gasteiger partial charge in [-0.1, -0.05) is 266 Å². The highest BCUT2D eigenvalue weighted by Crippen LogP contribution is 2.16. The van der Waals surface area contributed by atoms with Crippen molar-refractivity contribution in [1.82, 2.24) is 0 Å². The molecule has 418 valence electrons. The van der Waals surface area contributed by atoms with E-state index in [1.165, 1.54) is 128 Å². The molecule has 0 aliphatic rings. The highest BCUT2D eigenvalue weighted by atomic mass is 16.6. The molecule has 6 heteroatoms. The molecule has 0 heterocycles. The van der Waals surface area contributed by atoms with Crippen LogP contribution in [0.1, 0.15) is 290 Å². The van der Waals surface area contributed by atoms with Crippen LogP contribution in [0.5, 0.6) is 0 Å². The standard InChI is InChI=1S/C67H114O6/c1-4-7-10-13-15-17-19-21-23-25-27-28-29-30-31-32-33-34-35-36-37-38-40-41-43-45-47-49-51-54-57-60-66(69)72-63-64(62-71-65(68)59-56-53-12-9-6-3)73-67(70)61-58-55-52-50-48-46-44-42-39-26-24-22-20-18-16-14-11-8-5-2/h7,10,15-18,21-24,27-28,30-31,39,42,64H,4-6,8-9,11-14,19-20,25-26,29,32-38,40-41,43-63H2,1-3H3/b10-7-,17-15-,18-16-,23-21-,24-22-,28-27-,31-30-,42-39-. The second kappa shape index (κ2) is 60.9. The van der Waals surface area contributed by atoms with Crippen LogP contribution in [0.25, 0.3) is 0 Å². The van der Waals surface area contributed by atoms with Gasteiger partial charge in [0.1, 0.15) is 13.2 Å². The zero-order chi connectivity index (χ0) is 52.9. The van der Waals surface area contributed by atoms with E-state index in [0.717, 1.165) is 122 Å². The molecule has 0 aromatic heterocycles. The molecule has 0 spiro atoms. The number of esters is 3. The SMILES string of the molecule is CC/C=C\C/C=C\C/C=C\C/C=C\C/C=C\CCCCCCCCCCCCCCCCCC(=O)OCC(COC(=O)CCCCCCC)OC(=O)CCCCCCCC/C=C\C/C=C\C/C=C\CCCCC. The summed E-state index contributed by atoms with van der Waals surface area (Å²) < 4.78 is 16.7.